The van der Waals surface area contributed by atoms with Gasteiger partial charge in [-0.25, -0.2) is 0 Å². The lowest BCUT2D eigenvalue weighted by Gasteiger charge is -2.17. The zero-order valence-electron chi connectivity index (χ0n) is 71.8. The third-order valence-corrected chi connectivity index (χ3v) is 27.9. The number of nitrogens with one attached hydrogen (secondary N) is 3. The summed E-state index contributed by atoms with van der Waals surface area (Å²) in [5, 5.41) is 30.4. The van der Waals surface area contributed by atoms with Crippen molar-refractivity contribution in [1.82, 2.24) is 28.7 Å². The molecule has 132 heavy (non-hydrogen) atoms. The van der Waals surface area contributed by atoms with Crippen molar-refractivity contribution in [2.24, 2.45) is 0 Å². The summed E-state index contributed by atoms with van der Waals surface area (Å²) >= 11 is 0. The number of hydrogen-bond donors (Lipinski definition) is 3. The molecule has 0 atom stereocenters. The van der Waals surface area contributed by atoms with Crippen molar-refractivity contribution in [3.05, 3.63) is 467 Å². The van der Waals surface area contributed by atoms with Gasteiger partial charge in [0.2, 0.25) is 0 Å². The molecule has 6 aromatic heterocycles. The highest BCUT2D eigenvalue weighted by molar-refractivity contribution is 6.30. The van der Waals surface area contributed by atoms with Crippen molar-refractivity contribution in [3.63, 3.8) is 0 Å². The Morgan fingerprint density at radius 2 is 0.394 bits per heavy atom. The summed E-state index contributed by atoms with van der Waals surface area (Å²) < 4.78 is 7.26. The summed E-state index contributed by atoms with van der Waals surface area (Å²) in [7, 11) is 0. The SMILES string of the molecule is c1ccc(-n2c3ccccc3c3c4ccccc4c(-c4ccc(-c5cc6c7ccccc7[nH]c6c6ccccc56)c5ccccc45)cc32)cc1.c1ccc(-n2c3ccccc3c3c4ccccc4c(-c4ccc5[nH]c6ccccc6c5c4)cc32)cc1.c1ccc(-n2c3ccccc3c3c4ccccc4c(-c4cccc(-c5cc6c7ccccc7[nH]c6c6ccccc56)c4)cc32)cc1. The van der Waals surface area contributed by atoms with Gasteiger partial charge in [-0.3, -0.25) is 0 Å². The number of aromatic nitrogens is 6. The van der Waals surface area contributed by atoms with Crippen LogP contribution in [0.25, 0.3) is 268 Å². The van der Waals surface area contributed by atoms with Gasteiger partial charge < -0.3 is 28.7 Å². The first-order valence-electron chi connectivity index (χ1n) is 45.5. The lowest BCUT2D eigenvalue weighted by molar-refractivity contribution is 1.18. The predicted octanol–water partition coefficient (Wildman–Crippen LogP) is 34.5. The van der Waals surface area contributed by atoms with Crippen LogP contribution >= 0.6 is 0 Å². The van der Waals surface area contributed by atoms with E-state index in [9.17, 15) is 0 Å². The summed E-state index contributed by atoms with van der Waals surface area (Å²) in [6.45, 7) is 0. The number of aromatic amines is 3. The molecular weight excluding hydrogens is 1600 g/mol. The van der Waals surface area contributed by atoms with Crippen LogP contribution in [0, 0.1) is 0 Å². The fourth-order valence-corrected chi connectivity index (χ4v) is 22.2. The third-order valence-electron chi connectivity index (χ3n) is 27.9. The molecule has 29 aromatic rings. The van der Waals surface area contributed by atoms with Crippen molar-refractivity contribution in [3.8, 4) is 72.7 Å². The molecule has 23 aromatic carbocycles. The molecule has 0 saturated heterocycles. The Labute approximate surface area is 758 Å². The average molecular weight is 1680 g/mol. The topological polar surface area (TPSA) is 62.2 Å². The number of fused-ring (bicyclic) bond motifs is 29. The smallest absolute Gasteiger partial charge is 0.0553 e. The first-order valence-corrected chi connectivity index (χ1v) is 45.5. The minimum Gasteiger partial charge on any atom is -0.355 e. The summed E-state index contributed by atoms with van der Waals surface area (Å²) in [4.78, 5) is 11.0. The lowest BCUT2D eigenvalue weighted by Crippen LogP contribution is -1.94. The van der Waals surface area contributed by atoms with Crippen LogP contribution in [-0.2, 0) is 0 Å². The van der Waals surface area contributed by atoms with Gasteiger partial charge in [0.05, 0.1) is 44.1 Å². The maximum atomic E-state index is 3.72. The molecule has 3 N–H and O–H groups in total. The highest BCUT2D eigenvalue weighted by Gasteiger charge is 2.26. The molecule has 614 valence electrons. The van der Waals surface area contributed by atoms with Gasteiger partial charge in [0.15, 0.2) is 0 Å². The van der Waals surface area contributed by atoms with Crippen molar-refractivity contribution in [2.45, 2.75) is 0 Å². The summed E-state index contributed by atoms with van der Waals surface area (Å²) in [5.41, 5.74) is 30.3. The van der Waals surface area contributed by atoms with E-state index in [1.54, 1.807) is 0 Å². The van der Waals surface area contributed by atoms with Gasteiger partial charge in [0.1, 0.15) is 0 Å². The monoisotopic (exact) mass is 1680 g/mol. The van der Waals surface area contributed by atoms with E-state index >= 15 is 0 Å². The van der Waals surface area contributed by atoms with E-state index in [1.807, 2.05) is 0 Å². The van der Waals surface area contributed by atoms with Crippen LogP contribution in [0.15, 0.2) is 467 Å². The van der Waals surface area contributed by atoms with E-state index in [0.29, 0.717) is 0 Å². The molecule has 0 aliphatic rings. The van der Waals surface area contributed by atoms with Gasteiger partial charge in [-0.1, -0.05) is 346 Å². The quantitative estimate of drug-likeness (QED) is 0.136. The Kier molecular flexibility index (Phi) is 17.0. The largest absolute Gasteiger partial charge is 0.355 e. The Bertz CT molecular complexity index is 9800. The molecule has 0 amide bonds. The standard InChI is InChI=1S/C48H30N2.C44H28N2.C34H22N2/c1-2-14-30(15-3-1)50-45-25-13-11-23-40(45)47-38-21-8-6-18-33(38)42(29-46(47)50)36-27-26-35(31-16-4-5-17-32(31)36)41-28-43-37-20-10-12-24-44(37)49-48(43)39-22-9-7-19-34(39)41;1-2-15-30(16-3-1)46-41-24-11-9-22-36(41)43-34-20-6-4-17-31(34)38(27-42(43)46)29-14-12-13-28(25-29)37-26-39-33-19-8-10-23-40(33)45-44(39)35-21-7-5-18-32(35)37;1-2-10-23(11-3-1)36-32-17-9-7-15-27(32)34-26-14-5-4-12-24(26)28(21-33(34)36)22-18-19-31-29(20-22)25-13-6-8-16-30(25)35-31/h1-29,49H;1-27,45H;1-21,35H. The number of benzene rings is 23. The third kappa shape index (κ3) is 11.6. The van der Waals surface area contributed by atoms with Crippen molar-refractivity contribution in [2.75, 3.05) is 0 Å². The first kappa shape index (κ1) is 74.6. The Hall–Kier alpha value is -17.6. The van der Waals surface area contributed by atoms with Gasteiger partial charge >= 0.3 is 0 Å². The van der Waals surface area contributed by atoms with Crippen LogP contribution in [0.2, 0.25) is 0 Å². The molecule has 6 nitrogen and oxygen atoms in total. The van der Waals surface area contributed by atoms with E-state index in [2.05, 4.69) is 496 Å². The van der Waals surface area contributed by atoms with Crippen molar-refractivity contribution >= 4 is 195 Å². The zero-order valence-corrected chi connectivity index (χ0v) is 71.8. The van der Waals surface area contributed by atoms with E-state index in [-0.39, 0.29) is 0 Å². The maximum Gasteiger partial charge on any atom is 0.0553 e. The fraction of sp³-hybridized carbons (Fsp3) is 0. The summed E-state index contributed by atoms with van der Waals surface area (Å²) in [6, 6.07) is 170. The maximum absolute atomic E-state index is 3.72. The highest BCUT2D eigenvalue weighted by atomic mass is 15.0. The molecule has 6 heterocycles. The van der Waals surface area contributed by atoms with E-state index < -0.39 is 0 Å². The molecular formula is C126H80N6. The van der Waals surface area contributed by atoms with E-state index in [1.165, 1.54) is 268 Å². The van der Waals surface area contributed by atoms with Gasteiger partial charge in [-0.2, -0.15) is 0 Å². The molecule has 0 radical (unpaired) electrons. The molecule has 0 saturated carbocycles. The number of rotatable bonds is 8. The Morgan fingerprint density at radius 3 is 0.803 bits per heavy atom. The number of H-pyrrole nitrogens is 3. The molecule has 0 unspecified atom stereocenters. The normalized spacial score (nSPS) is 11.9. The predicted molar refractivity (Wildman–Crippen MR) is 563 cm³/mol. The van der Waals surface area contributed by atoms with Gasteiger partial charge in [-0.05, 0) is 231 Å². The Balaban J connectivity index is 0.000000103. The minimum atomic E-state index is 1.17. The molecule has 0 fully saturated rings. The van der Waals surface area contributed by atoms with Gasteiger partial charge in [-0.15, -0.1) is 0 Å². The van der Waals surface area contributed by atoms with E-state index in [0.717, 1.165) is 0 Å². The summed E-state index contributed by atoms with van der Waals surface area (Å²) in [5.74, 6) is 0. The number of para-hydroxylation sites is 9. The average Bonchev–Trinajstić information content (AvgIpc) is 1.54. The van der Waals surface area contributed by atoms with Crippen LogP contribution in [0.3, 0.4) is 0 Å². The fourth-order valence-electron chi connectivity index (χ4n) is 22.2. The van der Waals surface area contributed by atoms with Gasteiger partial charge in [0, 0.05) is 115 Å². The van der Waals surface area contributed by atoms with Crippen molar-refractivity contribution < 1.29 is 0 Å². The lowest BCUT2D eigenvalue weighted by atomic mass is 9.87. The molecule has 0 aliphatic heterocycles. The molecule has 29 rings (SSSR count). The van der Waals surface area contributed by atoms with Crippen molar-refractivity contribution in [1.29, 1.82) is 0 Å². The Morgan fingerprint density at radius 1 is 0.129 bits per heavy atom. The zero-order chi connectivity index (χ0) is 86.6. The second-order valence-corrected chi connectivity index (χ2v) is 35.0. The minimum absolute atomic E-state index is 1.17. The molecule has 0 spiro atoms. The van der Waals surface area contributed by atoms with Crippen LogP contribution in [-0.4, -0.2) is 28.7 Å². The first-order chi connectivity index (χ1) is 65.5. The molecule has 0 aliphatic carbocycles. The second kappa shape index (κ2) is 30.0. The van der Waals surface area contributed by atoms with Crippen LogP contribution in [0.4, 0.5) is 0 Å². The molecule has 6 heteroatoms. The summed E-state index contributed by atoms with van der Waals surface area (Å²) in [6.07, 6.45) is 0. The van der Waals surface area contributed by atoms with Crippen LogP contribution in [0.5, 0.6) is 0 Å². The van der Waals surface area contributed by atoms with Crippen LogP contribution in [0.1, 0.15) is 0 Å². The highest BCUT2D eigenvalue weighted by Crippen LogP contribution is 2.50. The van der Waals surface area contributed by atoms with Gasteiger partial charge in [0.25, 0.3) is 0 Å². The number of hydrogen-bond acceptors (Lipinski definition) is 0. The van der Waals surface area contributed by atoms with E-state index in [4.69, 9.17) is 0 Å². The van der Waals surface area contributed by atoms with Crippen LogP contribution < -0.4 is 0 Å². The second-order valence-electron chi connectivity index (χ2n) is 35.0. The molecule has 0 bridgehead atoms. The number of nitrogens with zero attached hydrogens (tertiary/aromatic N) is 3.